The largest absolute Gasteiger partial charge is 0.483 e. The summed E-state index contributed by atoms with van der Waals surface area (Å²) < 4.78 is 6.45. The highest BCUT2D eigenvalue weighted by atomic mass is 79.9. The van der Waals surface area contributed by atoms with Crippen LogP contribution in [0.1, 0.15) is 5.56 Å². The van der Waals surface area contributed by atoms with Gasteiger partial charge in [0.25, 0.3) is 5.91 Å². The molecular formula is C15H15BrN2O2. The first kappa shape index (κ1) is 14.6. The monoisotopic (exact) mass is 334 g/mol. The number of halogens is 1. The van der Waals surface area contributed by atoms with E-state index in [-0.39, 0.29) is 12.5 Å². The number of amides is 1. The van der Waals surface area contributed by atoms with Crippen LogP contribution in [0.25, 0.3) is 0 Å². The zero-order valence-corrected chi connectivity index (χ0v) is 12.4. The number of carbonyl (C=O) groups is 1. The summed E-state index contributed by atoms with van der Waals surface area (Å²) >= 11 is 3.34. The number of anilines is 1. The van der Waals surface area contributed by atoms with Crippen molar-refractivity contribution in [3.8, 4) is 5.75 Å². The van der Waals surface area contributed by atoms with Gasteiger partial charge in [-0.15, -0.1) is 0 Å². The van der Waals surface area contributed by atoms with E-state index in [4.69, 9.17) is 10.5 Å². The Morgan fingerprint density at radius 2 is 1.85 bits per heavy atom. The van der Waals surface area contributed by atoms with Crippen molar-refractivity contribution < 1.29 is 9.53 Å². The molecule has 0 aliphatic heterocycles. The molecule has 5 heteroatoms. The first-order valence-electron chi connectivity index (χ1n) is 6.15. The van der Waals surface area contributed by atoms with Gasteiger partial charge < -0.3 is 15.8 Å². The fourth-order valence-electron chi connectivity index (χ4n) is 1.69. The van der Waals surface area contributed by atoms with E-state index in [1.165, 1.54) is 0 Å². The Labute approximate surface area is 126 Å². The Morgan fingerprint density at radius 3 is 2.55 bits per heavy atom. The predicted molar refractivity (Wildman–Crippen MR) is 82.6 cm³/mol. The third-order valence-electron chi connectivity index (χ3n) is 2.68. The first-order valence-corrected chi connectivity index (χ1v) is 6.94. The maximum atomic E-state index is 11.8. The van der Waals surface area contributed by atoms with Gasteiger partial charge in [0.15, 0.2) is 6.61 Å². The standard InChI is InChI=1S/C15H15BrN2O2/c16-12-5-7-13(8-6-12)18-15(19)10-20-14-4-2-1-3-11(14)9-17/h1-8H,9-10,17H2,(H,18,19). The van der Waals surface area contributed by atoms with Crippen molar-refractivity contribution >= 4 is 27.5 Å². The summed E-state index contributed by atoms with van der Waals surface area (Å²) in [6, 6.07) is 14.8. The zero-order chi connectivity index (χ0) is 14.4. The molecule has 0 spiro atoms. The van der Waals surface area contributed by atoms with Gasteiger partial charge in [-0.3, -0.25) is 4.79 Å². The maximum absolute atomic E-state index is 11.8. The van der Waals surface area contributed by atoms with Crippen LogP contribution in [0.2, 0.25) is 0 Å². The Bertz CT molecular complexity index is 585. The summed E-state index contributed by atoms with van der Waals surface area (Å²) in [5, 5.41) is 2.76. The molecule has 2 aromatic rings. The Morgan fingerprint density at radius 1 is 1.15 bits per heavy atom. The van der Waals surface area contributed by atoms with Crippen LogP contribution in [0, 0.1) is 0 Å². The van der Waals surface area contributed by atoms with Crippen LogP contribution in [-0.4, -0.2) is 12.5 Å². The molecule has 2 aromatic carbocycles. The quantitative estimate of drug-likeness (QED) is 0.883. The lowest BCUT2D eigenvalue weighted by atomic mass is 10.2. The van der Waals surface area contributed by atoms with Gasteiger partial charge in [-0.25, -0.2) is 0 Å². The van der Waals surface area contributed by atoms with Crippen molar-refractivity contribution in [2.45, 2.75) is 6.54 Å². The van der Waals surface area contributed by atoms with Crippen molar-refractivity contribution in [1.29, 1.82) is 0 Å². The molecular weight excluding hydrogens is 320 g/mol. The topological polar surface area (TPSA) is 64.3 Å². The van der Waals surface area contributed by atoms with Crippen LogP contribution < -0.4 is 15.8 Å². The number of hydrogen-bond acceptors (Lipinski definition) is 3. The molecule has 4 nitrogen and oxygen atoms in total. The van der Waals surface area contributed by atoms with E-state index >= 15 is 0 Å². The van der Waals surface area contributed by atoms with Gasteiger partial charge in [-0.2, -0.15) is 0 Å². The number of nitrogens with one attached hydrogen (secondary N) is 1. The number of carbonyl (C=O) groups excluding carboxylic acids is 1. The molecule has 1 amide bonds. The summed E-state index contributed by atoms with van der Waals surface area (Å²) in [7, 11) is 0. The number of nitrogens with two attached hydrogens (primary N) is 1. The molecule has 0 saturated carbocycles. The predicted octanol–water partition coefficient (Wildman–Crippen LogP) is 2.93. The van der Waals surface area contributed by atoms with Gasteiger partial charge in [0.2, 0.25) is 0 Å². The Kier molecular flexibility index (Phi) is 5.15. The van der Waals surface area contributed by atoms with Crippen molar-refractivity contribution in [2.24, 2.45) is 5.73 Å². The summed E-state index contributed by atoms with van der Waals surface area (Å²) in [6.45, 7) is 0.331. The highest BCUT2D eigenvalue weighted by Gasteiger charge is 2.06. The lowest BCUT2D eigenvalue weighted by Crippen LogP contribution is -2.20. The molecule has 20 heavy (non-hydrogen) atoms. The van der Waals surface area contributed by atoms with Gasteiger partial charge in [0, 0.05) is 22.3 Å². The van der Waals surface area contributed by atoms with E-state index in [9.17, 15) is 4.79 Å². The number of para-hydroxylation sites is 1. The second kappa shape index (κ2) is 7.07. The fraction of sp³-hybridized carbons (Fsp3) is 0.133. The highest BCUT2D eigenvalue weighted by molar-refractivity contribution is 9.10. The van der Waals surface area contributed by atoms with Crippen LogP contribution >= 0.6 is 15.9 Å². The average molecular weight is 335 g/mol. The van der Waals surface area contributed by atoms with E-state index in [0.717, 1.165) is 15.7 Å². The summed E-state index contributed by atoms with van der Waals surface area (Å²) in [5.74, 6) is 0.431. The summed E-state index contributed by atoms with van der Waals surface area (Å²) in [6.07, 6.45) is 0. The SMILES string of the molecule is NCc1ccccc1OCC(=O)Nc1ccc(Br)cc1. The van der Waals surface area contributed by atoms with Gasteiger partial charge in [-0.1, -0.05) is 34.1 Å². The minimum atomic E-state index is -0.209. The summed E-state index contributed by atoms with van der Waals surface area (Å²) in [5.41, 5.74) is 7.22. The van der Waals surface area contributed by atoms with Crippen LogP contribution in [0.5, 0.6) is 5.75 Å². The van der Waals surface area contributed by atoms with E-state index in [2.05, 4.69) is 21.2 Å². The Balaban J connectivity index is 1.90. The van der Waals surface area contributed by atoms with Crippen LogP contribution in [-0.2, 0) is 11.3 Å². The number of ether oxygens (including phenoxy) is 1. The second-order valence-electron chi connectivity index (χ2n) is 4.16. The molecule has 0 radical (unpaired) electrons. The Hall–Kier alpha value is -1.85. The van der Waals surface area contributed by atoms with Crippen molar-refractivity contribution in [2.75, 3.05) is 11.9 Å². The van der Waals surface area contributed by atoms with Gasteiger partial charge in [0.05, 0.1) is 0 Å². The third-order valence-corrected chi connectivity index (χ3v) is 3.21. The average Bonchev–Trinajstić information content (AvgIpc) is 2.48. The minimum Gasteiger partial charge on any atom is -0.483 e. The van der Waals surface area contributed by atoms with Gasteiger partial charge in [0.1, 0.15) is 5.75 Å². The van der Waals surface area contributed by atoms with Crippen molar-refractivity contribution in [1.82, 2.24) is 0 Å². The van der Waals surface area contributed by atoms with Crippen LogP contribution in [0.4, 0.5) is 5.69 Å². The fourth-order valence-corrected chi connectivity index (χ4v) is 1.95. The van der Waals surface area contributed by atoms with E-state index in [1.807, 2.05) is 42.5 Å². The molecule has 0 bridgehead atoms. The highest BCUT2D eigenvalue weighted by Crippen LogP contribution is 2.17. The summed E-state index contributed by atoms with van der Waals surface area (Å²) in [4.78, 5) is 11.8. The number of hydrogen-bond donors (Lipinski definition) is 2. The molecule has 0 atom stereocenters. The molecule has 3 N–H and O–H groups in total. The van der Waals surface area contributed by atoms with Crippen molar-refractivity contribution in [3.63, 3.8) is 0 Å². The second-order valence-corrected chi connectivity index (χ2v) is 5.07. The lowest BCUT2D eigenvalue weighted by Gasteiger charge is -2.10. The smallest absolute Gasteiger partial charge is 0.262 e. The maximum Gasteiger partial charge on any atom is 0.262 e. The number of rotatable bonds is 5. The molecule has 2 rings (SSSR count). The van der Waals surface area contributed by atoms with E-state index in [1.54, 1.807) is 6.07 Å². The van der Waals surface area contributed by atoms with E-state index < -0.39 is 0 Å². The molecule has 0 saturated heterocycles. The van der Waals surface area contributed by atoms with Crippen molar-refractivity contribution in [3.05, 3.63) is 58.6 Å². The molecule has 0 heterocycles. The lowest BCUT2D eigenvalue weighted by molar-refractivity contribution is -0.118. The van der Waals surface area contributed by atoms with E-state index in [0.29, 0.717) is 12.3 Å². The molecule has 0 unspecified atom stereocenters. The molecule has 104 valence electrons. The molecule has 0 fully saturated rings. The van der Waals surface area contributed by atoms with Gasteiger partial charge >= 0.3 is 0 Å². The number of benzene rings is 2. The normalized spacial score (nSPS) is 10.1. The first-order chi connectivity index (χ1) is 9.69. The zero-order valence-electron chi connectivity index (χ0n) is 10.8. The third kappa shape index (κ3) is 4.08. The molecule has 0 aromatic heterocycles. The van der Waals surface area contributed by atoms with Gasteiger partial charge in [-0.05, 0) is 30.3 Å². The van der Waals surface area contributed by atoms with Crippen LogP contribution in [0.15, 0.2) is 53.0 Å². The minimum absolute atomic E-state index is 0.0485. The molecule has 0 aliphatic carbocycles. The molecule has 0 aliphatic rings. The van der Waals surface area contributed by atoms with Crippen LogP contribution in [0.3, 0.4) is 0 Å².